The summed E-state index contributed by atoms with van der Waals surface area (Å²) >= 11 is 1.67. The van der Waals surface area contributed by atoms with Crippen molar-refractivity contribution in [3.8, 4) is 11.1 Å². The predicted octanol–water partition coefficient (Wildman–Crippen LogP) is 4.22. The van der Waals surface area contributed by atoms with E-state index in [9.17, 15) is 4.79 Å². The van der Waals surface area contributed by atoms with Gasteiger partial charge in [0, 0.05) is 43.2 Å². The first-order chi connectivity index (χ1) is 16.7. The number of ether oxygens (including phenoxy) is 2. The molecule has 2 aliphatic rings. The second kappa shape index (κ2) is 10.7. The maximum absolute atomic E-state index is 12.1. The first-order valence-electron chi connectivity index (χ1n) is 12.0. The number of carbonyl (C=O) groups excluding carboxylic acids is 1. The highest BCUT2D eigenvalue weighted by molar-refractivity contribution is 7.17. The zero-order valence-corrected chi connectivity index (χ0v) is 20.4. The third kappa shape index (κ3) is 5.16. The Morgan fingerprint density at radius 2 is 1.91 bits per heavy atom. The Morgan fingerprint density at radius 1 is 1.15 bits per heavy atom. The molecule has 4 heterocycles. The van der Waals surface area contributed by atoms with Crippen LogP contribution in [0.4, 0.5) is 10.6 Å². The largest absolute Gasteiger partial charge is 0.450 e. The number of hydrogen-bond acceptors (Lipinski definition) is 8. The van der Waals surface area contributed by atoms with Crippen LogP contribution in [-0.2, 0) is 16.0 Å². The van der Waals surface area contributed by atoms with E-state index in [2.05, 4.69) is 39.9 Å². The van der Waals surface area contributed by atoms with Crippen LogP contribution in [0, 0.1) is 0 Å². The smallest absolute Gasteiger partial charge is 0.409 e. The number of hydrogen-bond donors (Lipinski definition) is 1. The van der Waals surface area contributed by atoms with E-state index in [1.807, 2.05) is 13.0 Å². The number of aromatic nitrogens is 2. The summed E-state index contributed by atoms with van der Waals surface area (Å²) in [6, 6.07) is 10.7. The van der Waals surface area contributed by atoms with Crippen molar-refractivity contribution in [1.82, 2.24) is 19.8 Å². The zero-order chi connectivity index (χ0) is 23.3. The number of amides is 1. The van der Waals surface area contributed by atoms with Crippen LogP contribution in [0.15, 0.2) is 35.7 Å². The van der Waals surface area contributed by atoms with Crippen LogP contribution in [-0.4, -0.2) is 77.9 Å². The summed E-state index contributed by atoms with van der Waals surface area (Å²) in [4.78, 5) is 27.2. The van der Waals surface area contributed by atoms with Gasteiger partial charge in [-0.25, -0.2) is 14.8 Å². The van der Waals surface area contributed by atoms with E-state index >= 15 is 0 Å². The summed E-state index contributed by atoms with van der Waals surface area (Å²) in [5.74, 6) is 1.73. The highest BCUT2D eigenvalue weighted by Gasteiger charge is 2.25. The number of fused-ring (bicyclic) bond motifs is 1. The van der Waals surface area contributed by atoms with Gasteiger partial charge in [-0.1, -0.05) is 30.3 Å². The van der Waals surface area contributed by atoms with Gasteiger partial charge in [-0.15, -0.1) is 11.3 Å². The van der Waals surface area contributed by atoms with Gasteiger partial charge < -0.3 is 19.7 Å². The van der Waals surface area contributed by atoms with E-state index < -0.39 is 0 Å². The van der Waals surface area contributed by atoms with E-state index in [0.717, 1.165) is 66.6 Å². The predicted molar refractivity (Wildman–Crippen MR) is 134 cm³/mol. The molecule has 34 heavy (non-hydrogen) atoms. The van der Waals surface area contributed by atoms with Gasteiger partial charge in [-0.05, 0) is 25.3 Å². The fourth-order valence-electron chi connectivity index (χ4n) is 4.57. The average molecular weight is 482 g/mol. The summed E-state index contributed by atoms with van der Waals surface area (Å²) in [5, 5.41) is 6.98. The molecule has 2 aromatic heterocycles. The number of likely N-dealkylation sites (tertiary alicyclic amines) is 1. The molecule has 8 nitrogen and oxygen atoms in total. The van der Waals surface area contributed by atoms with Crippen molar-refractivity contribution in [2.24, 2.45) is 0 Å². The normalized spacial score (nSPS) is 17.7. The number of carbonyl (C=O) groups is 1. The lowest BCUT2D eigenvalue weighted by Crippen LogP contribution is -2.42. The molecule has 1 N–H and O–H groups in total. The first-order valence-corrected chi connectivity index (χ1v) is 12.9. The molecule has 0 aliphatic carbocycles. The molecule has 2 saturated heterocycles. The number of thiophene rings is 1. The van der Waals surface area contributed by atoms with Crippen molar-refractivity contribution >= 4 is 33.5 Å². The molecule has 5 rings (SSSR count). The third-order valence-corrected chi connectivity index (χ3v) is 7.27. The summed E-state index contributed by atoms with van der Waals surface area (Å²) in [7, 11) is 0. The number of rotatable bonds is 6. The van der Waals surface area contributed by atoms with Gasteiger partial charge in [0.15, 0.2) is 0 Å². The van der Waals surface area contributed by atoms with Crippen LogP contribution in [0.25, 0.3) is 21.3 Å². The van der Waals surface area contributed by atoms with Gasteiger partial charge in [0.25, 0.3) is 0 Å². The Bertz CT molecular complexity index is 1110. The lowest BCUT2D eigenvalue weighted by atomic mass is 10.0. The standard InChI is InChI=1S/C25H31N5O3S/c1-2-33-25(31)30-10-8-19(9-11-30)26-23-22-20(18-6-4-3-5-7-18)17-34-24(22)28-21(27-23)16-29-12-14-32-15-13-29/h3-7,17,19H,2,8-16H2,1H3,(H,26,27,28). The van der Waals surface area contributed by atoms with Crippen LogP contribution >= 0.6 is 11.3 Å². The quantitative estimate of drug-likeness (QED) is 0.565. The lowest BCUT2D eigenvalue weighted by molar-refractivity contribution is 0.0331. The molecule has 1 aromatic carbocycles. The Kier molecular flexibility index (Phi) is 7.22. The fraction of sp³-hybridized carbons (Fsp3) is 0.480. The van der Waals surface area contributed by atoms with Gasteiger partial charge in [0.1, 0.15) is 16.5 Å². The third-order valence-electron chi connectivity index (χ3n) is 6.40. The second-order valence-corrected chi connectivity index (χ2v) is 9.54. The molecule has 0 bridgehead atoms. The molecule has 3 aromatic rings. The minimum atomic E-state index is -0.220. The molecule has 1 amide bonds. The first kappa shape index (κ1) is 23.0. The van der Waals surface area contributed by atoms with Crippen molar-refractivity contribution in [1.29, 1.82) is 0 Å². The van der Waals surface area contributed by atoms with Gasteiger partial charge in [0.2, 0.25) is 0 Å². The molecule has 0 spiro atoms. The van der Waals surface area contributed by atoms with E-state index in [0.29, 0.717) is 26.2 Å². The summed E-state index contributed by atoms with van der Waals surface area (Å²) in [6.07, 6.45) is 1.49. The number of morpholine rings is 1. The molecular formula is C25H31N5O3S. The number of nitrogens with one attached hydrogen (secondary N) is 1. The van der Waals surface area contributed by atoms with Gasteiger partial charge in [0.05, 0.1) is 31.8 Å². The van der Waals surface area contributed by atoms with E-state index in [1.165, 1.54) is 5.56 Å². The molecule has 0 saturated carbocycles. The Morgan fingerprint density at radius 3 is 2.65 bits per heavy atom. The molecule has 2 fully saturated rings. The number of piperidine rings is 1. The minimum Gasteiger partial charge on any atom is -0.450 e. The van der Waals surface area contributed by atoms with Crippen molar-refractivity contribution in [3.05, 3.63) is 41.5 Å². The van der Waals surface area contributed by atoms with Crippen LogP contribution < -0.4 is 5.32 Å². The Hall–Kier alpha value is -2.75. The summed E-state index contributed by atoms with van der Waals surface area (Å²) in [6.45, 7) is 7.63. The maximum atomic E-state index is 12.1. The highest BCUT2D eigenvalue weighted by atomic mass is 32.1. The Labute approximate surface area is 203 Å². The van der Waals surface area contributed by atoms with Crippen LogP contribution in [0.5, 0.6) is 0 Å². The number of nitrogens with zero attached hydrogens (tertiary/aromatic N) is 4. The number of benzene rings is 1. The van der Waals surface area contributed by atoms with Crippen LogP contribution in [0.1, 0.15) is 25.6 Å². The summed E-state index contributed by atoms with van der Waals surface area (Å²) < 4.78 is 10.7. The van der Waals surface area contributed by atoms with Crippen molar-refractivity contribution in [2.45, 2.75) is 32.4 Å². The van der Waals surface area contributed by atoms with Gasteiger partial charge in [-0.3, -0.25) is 4.90 Å². The number of anilines is 1. The second-order valence-electron chi connectivity index (χ2n) is 8.68. The minimum absolute atomic E-state index is 0.220. The fourth-order valence-corrected chi connectivity index (χ4v) is 5.53. The van der Waals surface area contributed by atoms with Crippen molar-refractivity contribution in [3.63, 3.8) is 0 Å². The maximum Gasteiger partial charge on any atom is 0.409 e. The average Bonchev–Trinajstić information content (AvgIpc) is 3.30. The van der Waals surface area contributed by atoms with E-state index in [1.54, 1.807) is 16.2 Å². The molecule has 2 aliphatic heterocycles. The monoisotopic (exact) mass is 481 g/mol. The van der Waals surface area contributed by atoms with Gasteiger partial charge >= 0.3 is 6.09 Å². The van der Waals surface area contributed by atoms with Crippen molar-refractivity contribution < 1.29 is 14.3 Å². The zero-order valence-electron chi connectivity index (χ0n) is 19.5. The Balaban J connectivity index is 1.42. The van der Waals surface area contributed by atoms with E-state index in [4.69, 9.17) is 19.4 Å². The molecule has 9 heteroatoms. The molecule has 0 atom stereocenters. The lowest BCUT2D eigenvalue weighted by Gasteiger charge is -2.32. The highest BCUT2D eigenvalue weighted by Crippen LogP contribution is 2.37. The van der Waals surface area contributed by atoms with Crippen LogP contribution in [0.3, 0.4) is 0 Å². The SMILES string of the molecule is CCOC(=O)N1CCC(Nc2nc(CN3CCOCC3)nc3scc(-c4ccccc4)c23)CC1. The van der Waals surface area contributed by atoms with Gasteiger partial charge in [-0.2, -0.15) is 0 Å². The van der Waals surface area contributed by atoms with Crippen LogP contribution in [0.2, 0.25) is 0 Å². The molecule has 180 valence electrons. The van der Waals surface area contributed by atoms with Crippen molar-refractivity contribution in [2.75, 3.05) is 51.3 Å². The molecule has 0 radical (unpaired) electrons. The molecular weight excluding hydrogens is 450 g/mol. The topological polar surface area (TPSA) is 79.8 Å². The summed E-state index contributed by atoms with van der Waals surface area (Å²) in [5.41, 5.74) is 2.32. The van der Waals surface area contributed by atoms with E-state index in [-0.39, 0.29) is 12.1 Å². The molecule has 0 unspecified atom stereocenters.